The van der Waals surface area contributed by atoms with Crippen molar-refractivity contribution in [2.24, 2.45) is 0 Å². The van der Waals surface area contributed by atoms with E-state index in [1.807, 2.05) is 6.07 Å². The predicted molar refractivity (Wildman–Crippen MR) is 55.4 cm³/mol. The maximum absolute atomic E-state index is 9.86. The zero-order valence-corrected chi connectivity index (χ0v) is 8.98. The highest BCUT2D eigenvalue weighted by Crippen LogP contribution is 2.26. The lowest BCUT2D eigenvalue weighted by molar-refractivity contribution is 0.123. The molecular formula is C11H17NO3. The first-order valence-corrected chi connectivity index (χ1v) is 5.27. The van der Waals surface area contributed by atoms with Crippen LogP contribution in [0.15, 0.2) is 16.7 Å². The number of furan rings is 1. The van der Waals surface area contributed by atoms with Gasteiger partial charge in [-0.1, -0.05) is 0 Å². The summed E-state index contributed by atoms with van der Waals surface area (Å²) < 4.78 is 10.4. The van der Waals surface area contributed by atoms with Crippen molar-refractivity contribution >= 4 is 0 Å². The third kappa shape index (κ3) is 2.40. The molecule has 2 rings (SSSR count). The van der Waals surface area contributed by atoms with Crippen LogP contribution in [0.3, 0.4) is 0 Å². The lowest BCUT2D eigenvalue weighted by atomic mass is 10.1. The topological polar surface area (TPSA) is 45.8 Å². The normalized spacial score (nSPS) is 22.4. The lowest BCUT2D eigenvalue weighted by Gasteiger charge is -2.18. The highest BCUT2D eigenvalue weighted by atomic mass is 16.5. The molecule has 84 valence electrons. The zero-order valence-electron chi connectivity index (χ0n) is 8.98. The molecule has 4 nitrogen and oxygen atoms in total. The van der Waals surface area contributed by atoms with E-state index in [1.165, 1.54) is 0 Å². The number of ether oxygens (including phenoxy) is 1. The van der Waals surface area contributed by atoms with Gasteiger partial charge in [-0.05, 0) is 12.5 Å². The largest absolute Gasteiger partial charge is 0.468 e. The summed E-state index contributed by atoms with van der Waals surface area (Å²) in [5.41, 5.74) is 0.940. The Kier molecular flexibility index (Phi) is 3.41. The number of methoxy groups -OCH3 is 1. The van der Waals surface area contributed by atoms with Crippen molar-refractivity contribution in [2.45, 2.75) is 19.1 Å². The molecule has 1 atom stereocenters. The Bertz CT molecular complexity index is 311. The molecule has 15 heavy (non-hydrogen) atoms. The number of rotatable bonds is 3. The molecule has 0 fully saturated rings. The molecule has 4 heteroatoms. The van der Waals surface area contributed by atoms with Crippen LogP contribution >= 0.6 is 0 Å². The van der Waals surface area contributed by atoms with Crippen molar-refractivity contribution in [3.63, 3.8) is 0 Å². The van der Waals surface area contributed by atoms with Crippen LogP contribution in [0.1, 0.15) is 23.8 Å². The summed E-state index contributed by atoms with van der Waals surface area (Å²) in [7, 11) is 1.70. The van der Waals surface area contributed by atoms with Gasteiger partial charge in [0.05, 0.1) is 25.5 Å². The van der Waals surface area contributed by atoms with E-state index >= 15 is 0 Å². The quantitative estimate of drug-likeness (QED) is 0.815. The summed E-state index contributed by atoms with van der Waals surface area (Å²) >= 11 is 0. The van der Waals surface area contributed by atoms with E-state index in [2.05, 4.69) is 4.90 Å². The van der Waals surface area contributed by atoms with E-state index < -0.39 is 0 Å². The van der Waals surface area contributed by atoms with Crippen LogP contribution in [-0.2, 0) is 11.3 Å². The van der Waals surface area contributed by atoms with Gasteiger partial charge >= 0.3 is 0 Å². The van der Waals surface area contributed by atoms with Crippen LogP contribution < -0.4 is 0 Å². The first-order chi connectivity index (χ1) is 7.31. The van der Waals surface area contributed by atoms with E-state index in [1.54, 1.807) is 13.4 Å². The maximum Gasteiger partial charge on any atom is 0.123 e. The molecule has 0 amide bonds. The standard InChI is InChI=1S/C11H17NO3/c1-14-7-5-12-4-2-10(13)9-3-6-15-11(9)8-12/h3,6,10,13H,2,4-5,7-8H2,1H3. The van der Waals surface area contributed by atoms with Crippen LogP contribution in [0.2, 0.25) is 0 Å². The third-order valence-electron chi connectivity index (χ3n) is 2.84. The van der Waals surface area contributed by atoms with Gasteiger partial charge in [0, 0.05) is 25.8 Å². The van der Waals surface area contributed by atoms with Crippen LogP contribution in [0, 0.1) is 0 Å². The Hall–Kier alpha value is -0.840. The predicted octanol–water partition coefficient (Wildman–Crippen LogP) is 1.17. The van der Waals surface area contributed by atoms with Gasteiger partial charge in [0.1, 0.15) is 5.76 Å². The number of nitrogens with zero attached hydrogens (tertiary/aromatic N) is 1. The molecule has 1 aromatic heterocycles. The molecule has 0 saturated heterocycles. The highest BCUT2D eigenvalue weighted by molar-refractivity contribution is 5.21. The van der Waals surface area contributed by atoms with Crippen molar-refractivity contribution in [2.75, 3.05) is 26.8 Å². The van der Waals surface area contributed by atoms with Gasteiger partial charge in [-0.15, -0.1) is 0 Å². The minimum absolute atomic E-state index is 0.383. The molecule has 0 saturated carbocycles. The zero-order chi connectivity index (χ0) is 10.7. The van der Waals surface area contributed by atoms with Crippen LogP contribution in [0.4, 0.5) is 0 Å². The lowest BCUT2D eigenvalue weighted by Crippen LogP contribution is -2.27. The van der Waals surface area contributed by atoms with Crippen LogP contribution in [0.5, 0.6) is 0 Å². The number of hydrogen-bond acceptors (Lipinski definition) is 4. The van der Waals surface area contributed by atoms with Gasteiger partial charge in [-0.3, -0.25) is 4.90 Å². The molecule has 0 aliphatic carbocycles. The number of fused-ring (bicyclic) bond motifs is 1. The summed E-state index contributed by atoms with van der Waals surface area (Å²) in [4.78, 5) is 2.24. The Morgan fingerprint density at radius 3 is 3.33 bits per heavy atom. The van der Waals surface area contributed by atoms with E-state index in [4.69, 9.17) is 9.15 Å². The second-order valence-electron chi connectivity index (χ2n) is 3.87. The fraction of sp³-hybridized carbons (Fsp3) is 0.636. The molecule has 1 aromatic rings. The summed E-state index contributed by atoms with van der Waals surface area (Å²) in [5, 5.41) is 9.86. The molecule has 1 unspecified atom stereocenters. The maximum atomic E-state index is 9.86. The van der Waals surface area contributed by atoms with Gasteiger partial charge in [0.25, 0.3) is 0 Å². The molecule has 0 bridgehead atoms. The smallest absolute Gasteiger partial charge is 0.123 e. The van der Waals surface area contributed by atoms with E-state index in [0.717, 1.165) is 37.4 Å². The summed E-state index contributed by atoms with van der Waals surface area (Å²) in [6.07, 6.45) is 2.02. The fourth-order valence-corrected chi connectivity index (χ4v) is 1.93. The monoisotopic (exact) mass is 211 g/mol. The average Bonchev–Trinajstić information content (AvgIpc) is 2.64. The minimum atomic E-state index is -0.383. The molecule has 0 aromatic carbocycles. The van der Waals surface area contributed by atoms with Gasteiger partial charge in [0.15, 0.2) is 0 Å². The average molecular weight is 211 g/mol. The molecule has 0 spiro atoms. The SMILES string of the molecule is COCCN1CCC(O)c2ccoc2C1. The van der Waals surface area contributed by atoms with Gasteiger partial charge < -0.3 is 14.3 Å². The molecule has 1 aliphatic heterocycles. The molecule has 0 radical (unpaired) electrons. The van der Waals surface area contributed by atoms with E-state index in [9.17, 15) is 5.11 Å². The number of aliphatic hydroxyl groups is 1. The Morgan fingerprint density at radius 2 is 2.53 bits per heavy atom. The van der Waals surface area contributed by atoms with Crippen molar-refractivity contribution < 1.29 is 14.3 Å². The fourth-order valence-electron chi connectivity index (χ4n) is 1.93. The van der Waals surface area contributed by atoms with Crippen molar-refractivity contribution in [3.8, 4) is 0 Å². The van der Waals surface area contributed by atoms with Gasteiger partial charge in [-0.2, -0.15) is 0 Å². The summed E-state index contributed by atoms with van der Waals surface area (Å²) in [6, 6.07) is 1.86. The summed E-state index contributed by atoms with van der Waals surface area (Å²) in [6.45, 7) is 3.24. The summed E-state index contributed by atoms with van der Waals surface area (Å²) in [5.74, 6) is 0.885. The molecule has 1 aliphatic rings. The van der Waals surface area contributed by atoms with Crippen molar-refractivity contribution in [3.05, 3.63) is 23.7 Å². The van der Waals surface area contributed by atoms with Crippen molar-refractivity contribution in [1.82, 2.24) is 4.90 Å². The number of hydrogen-bond donors (Lipinski definition) is 1. The Labute approximate surface area is 89.4 Å². The molecule has 2 heterocycles. The second kappa shape index (κ2) is 4.79. The first kappa shape index (κ1) is 10.7. The van der Waals surface area contributed by atoms with E-state index in [0.29, 0.717) is 6.61 Å². The Morgan fingerprint density at radius 1 is 1.67 bits per heavy atom. The van der Waals surface area contributed by atoms with Gasteiger partial charge in [-0.25, -0.2) is 0 Å². The van der Waals surface area contributed by atoms with Crippen molar-refractivity contribution in [1.29, 1.82) is 0 Å². The first-order valence-electron chi connectivity index (χ1n) is 5.27. The van der Waals surface area contributed by atoms with Gasteiger partial charge in [0.2, 0.25) is 0 Å². The highest BCUT2D eigenvalue weighted by Gasteiger charge is 2.22. The minimum Gasteiger partial charge on any atom is -0.468 e. The Balaban J connectivity index is 2.05. The van der Waals surface area contributed by atoms with Crippen LogP contribution in [-0.4, -0.2) is 36.8 Å². The number of aliphatic hydroxyl groups excluding tert-OH is 1. The third-order valence-corrected chi connectivity index (χ3v) is 2.84. The van der Waals surface area contributed by atoms with E-state index in [-0.39, 0.29) is 6.10 Å². The molecular weight excluding hydrogens is 194 g/mol. The van der Waals surface area contributed by atoms with Crippen LogP contribution in [0.25, 0.3) is 0 Å². The second-order valence-corrected chi connectivity index (χ2v) is 3.87. The molecule has 1 N–H and O–H groups in total.